The summed E-state index contributed by atoms with van der Waals surface area (Å²) in [6, 6.07) is 0. The summed E-state index contributed by atoms with van der Waals surface area (Å²) in [4.78, 5) is 20.0. The van der Waals surface area contributed by atoms with Crippen LogP contribution in [0.15, 0.2) is 5.38 Å². The van der Waals surface area contributed by atoms with Crippen molar-refractivity contribution in [3.8, 4) is 0 Å². The maximum absolute atomic E-state index is 11.4. The molecule has 1 aliphatic rings. The van der Waals surface area contributed by atoms with Crippen LogP contribution in [0.5, 0.6) is 0 Å². The van der Waals surface area contributed by atoms with E-state index in [1.54, 1.807) is 11.3 Å². The Labute approximate surface area is 105 Å². The standard InChI is InChI=1S/C11H18N4OS/c1-9-13-10(8-17-9)7-14-2-4-15(5-3-14)11(16)6-12/h8H,2-7,12H2,1H3. The lowest BCUT2D eigenvalue weighted by molar-refractivity contribution is -0.131. The van der Waals surface area contributed by atoms with Crippen LogP contribution in [0.3, 0.4) is 0 Å². The fourth-order valence-corrected chi connectivity index (χ4v) is 2.60. The van der Waals surface area contributed by atoms with Crippen LogP contribution in [0.4, 0.5) is 0 Å². The smallest absolute Gasteiger partial charge is 0.236 e. The molecule has 0 radical (unpaired) electrons. The summed E-state index contributed by atoms with van der Waals surface area (Å²) in [5.74, 6) is 0.0501. The Morgan fingerprint density at radius 1 is 1.47 bits per heavy atom. The Hall–Kier alpha value is -0.980. The number of aromatic nitrogens is 1. The van der Waals surface area contributed by atoms with E-state index < -0.39 is 0 Å². The molecule has 6 heteroatoms. The summed E-state index contributed by atoms with van der Waals surface area (Å²) >= 11 is 1.68. The summed E-state index contributed by atoms with van der Waals surface area (Å²) in [5.41, 5.74) is 6.48. The molecule has 0 unspecified atom stereocenters. The number of rotatable bonds is 3. The lowest BCUT2D eigenvalue weighted by Gasteiger charge is -2.34. The Balaban J connectivity index is 1.81. The molecule has 1 aliphatic heterocycles. The molecule has 1 fully saturated rings. The number of hydrogen-bond acceptors (Lipinski definition) is 5. The van der Waals surface area contributed by atoms with Crippen LogP contribution >= 0.6 is 11.3 Å². The maximum Gasteiger partial charge on any atom is 0.236 e. The molecule has 1 amide bonds. The van der Waals surface area contributed by atoms with E-state index in [4.69, 9.17) is 5.73 Å². The summed E-state index contributed by atoms with van der Waals surface area (Å²) in [5, 5.41) is 3.21. The average Bonchev–Trinajstić information content (AvgIpc) is 2.75. The number of hydrogen-bond donors (Lipinski definition) is 1. The first kappa shape index (κ1) is 12.5. The van der Waals surface area contributed by atoms with Crippen molar-refractivity contribution < 1.29 is 4.79 Å². The molecule has 5 nitrogen and oxygen atoms in total. The molecule has 2 heterocycles. The van der Waals surface area contributed by atoms with E-state index in [-0.39, 0.29) is 12.5 Å². The number of nitrogens with two attached hydrogens (primary N) is 1. The zero-order valence-electron chi connectivity index (χ0n) is 10.1. The molecule has 2 rings (SSSR count). The minimum absolute atomic E-state index is 0.0501. The van der Waals surface area contributed by atoms with E-state index in [0.717, 1.165) is 43.4 Å². The Kier molecular flexibility index (Phi) is 4.09. The lowest BCUT2D eigenvalue weighted by Crippen LogP contribution is -2.49. The molecule has 0 bridgehead atoms. The van der Waals surface area contributed by atoms with Gasteiger partial charge in [0, 0.05) is 38.1 Å². The van der Waals surface area contributed by atoms with Gasteiger partial charge in [0.05, 0.1) is 17.2 Å². The summed E-state index contributed by atoms with van der Waals surface area (Å²) in [6.07, 6.45) is 0. The molecule has 0 spiro atoms. The highest BCUT2D eigenvalue weighted by Gasteiger charge is 2.20. The third kappa shape index (κ3) is 3.24. The second-order valence-corrected chi connectivity index (χ2v) is 5.28. The van der Waals surface area contributed by atoms with Gasteiger partial charge in [0.1, 0.15) is 0 Å². The fraction of sp³-hybridized carbons (Fsp3) is 0.636. The van der Waals surface area contributed by atoms with Crippen molar-refractivity contribution in [3.05, 3.63) is 16.1 Å². The number of nitrogens with zero attached hydrogens (tertiary/aromatic N) is 3. The van der Waals surface area contributed by atoms with Gasteiger partial charge in [-0.2, -0.15) is 0 Å². The monoisotopic (exact) mass is 254 g/mol. The molecular formula is C11H18N4OS. The van der Waals surface area contributed by atoms with Gasteiger partial charge in [-0.25, -0.2) is 4.98 Å². The molecule has 2 N–H and O–H groups in total. The van der Waals surface area contributed by atoms with Crippen molar-refractivity contribution >= 4 is 17.2 Å². The van der Waals surface area contributed by atoms with Gasteiger partial charge in [0.15, 0.2) is 0 Å². The molecule has 0 saturated carbocycles. The van der Waals surface area contributed by atoms with Gasteiger partial charge in [0.2, 0.25) is 5.91 Å². The third-order valence-electron chi connectivity index (χ3n) is 2.95. The number of carbonyl (C=O) groups is 1. The van der Waals surface area contributed by atoms with Crippen molar-refractivity contribution in [2.75, 3.05) is 32.7 Å². The first-order chi connectivity index (χ1) is 8.19. The SMILES string of the molecule is Cc1nc(CN2CCN(C(=O)CN)CC2)cs1. The van der Waals surface area contributed by atoms with Gasteiger partial charge < -0.3 is 10.6 Å². The molecule has 1 saturated heterocycles. The zero-order chi connectivity index (χ0) is 12.3. The highest BCUT2D eigenvalue weighted by Crippen LogP contribution is 2.12. The summed E-state index contributed by atoms with van der Waals surface area (Å²) < 4.78 is 0. The van der Waals surface area contributed by atoms with Gasteiger partial charge in [-0.15, -0.1) is 11.3 Å². The predicted molar refractivity (Wildman–Crippen MR) is 67.8 cm³/mol. The number of carbonyl (C=O) groups excluding carboxylic acids is 1. The van der Waals surface area contributed by atoms with E-state index in [2.05, 4.69) is 15.3 Å². The Morgan fingerprint density at radius 2 is 2.18 bits per heavy atom. The minimum Gasteiger partial charge on any atom is -0.339 e. The highest BCUT2D eigenvalue weighted by molar-refractivity contribution is 7.09. The molecule has 1 aromatic heterocycles. The van der Waals surface area contributed by atoms with Crippen LogP contribution in [0.2, 0.25) is 0 Å². The molecular weight excluding hydrogens is 236 g/mol. The topological polar surface area (TPSA) is 62.5 Å². The molecule has 94 valence electrons. The highest BCUT2D eigenvalue weighted by atomic mass is 32.1. The fourth-order valence-electron chi connectivity index (χ4n) is 1.99. The first-order valence-electron chi connectivity index (χ1n) is 5.80. The Morgan fingerprint density at radius 3 is 2.71 bits per heavy atom. The van der Waals surface area contributed by atoms with E-state index in [9.17, 15) is 4.79 Å². The van der Waals surface area contributed by atoms with Crippen molar-refractivity contribution in [2.24, 2.45) is 5.73 Å². The lowest BCUT2D eigenvalue weighted by atomic mass is 10.3. The molecule has 0 aromatic carbocycles. The van der Waals surface area contributed by atoms with Gasteiger partial charge in [-0.05, 0) is 6.92 Å². The van der Waals surface area contributed by atoms with Gasteiger partial charge in [-0.3, -0.25) is 9.69 Å². The van der Waals surface area contributed by atoms with E-state index in [1.807, 2.05) is 11.8 Å². The second-order valence-electron chi connectivity index (χ2n) is 4.22. The quantitative estimate of drug-likeness (QED) is 0.828. The minimum atomic E-state index is 0.0501. The molecule has 1 aromatic rings. The number of piperazine rings is 1. The Bertz CT molecular complexity index is 385. The number of amides is 1. The van der Waals surface area contributed by atoms with Crippen molar-refractivity contribution in [1.29, 1.82) is 0 Å². The van der Waals surface area contributed by atoms with Crippen LogP contribution in [0, 0.1) is 6.92 Å². The molecule has 17 heavy (non-hydrogen) atoms. The van der Waals surface area contributed by atoms with E-state index in [0.29, 0.717) is 0 Å². The van der Waals surface area contributed by atoms with Crippen LogP contribution in [0.25, 0.3) is 0 Å². The van der Waals surface area contributed by atoms with E-state index >= 15 is 0 Å². The van der Waals surface area contributed by atoms with Crippen molar-refractivity contribution in [3.63, 3.8) is 0 Å². The van der Waals surface area contributed by atoms with Crippen LogP contribution in [0.1, 0.15) is 10.7 Å². The van der Waals surface area contributed by atoms with Gasteiger partial charge >= 0.3 is 0 Å². The number of thiazole rings is 1. The van der Waals surface area contributed by atoms with Crippen LogP contribution < -0.4 is 5.73 Å². The van der Waals surface area contributed by atoms with Crippen LogP contribution in [-0.4, -0.2) is 53.4 Å². The third-order valence-corrected chi connectivity index (χ3v) is 3.77. The first-order valence-corrected chi connectivity index (χ1v) is 6.68. The van der Waals surface area contributed by atoms with Crippen molar-refractivity contribution in [1.82, 2.24) is 14.8 Å². The zero-order valence-corrected chi connectivity index (χ0v) is 10.9. The normalized spacial score (nSPS) is 17.4. The maximum atomic E-state index is 11.4. The second kappa shape index (κ2) is 5.57. The van der Waals surface area contributed by atoms with Gasteiger partial charge in [-0.1, -0.05) is 0 Å². The largest absolute Gasteiger partial charge is 0.339 e. The molecule has 0 aliphatic carbocycles. The van der Waals surface area contributed by atoms with Gasteiger partial charge in [0.25, 0.3) is 0 Å². The predicted octanol–water partition coefficient (Wildman–Crippen LogP) is 0.0544. The molecule has 0 atom stereocenters. The van der Waals surface area contributed by atoms with E-state index in [1.165, 1.54) is 0 Å². The average molecular weight is 254 g/mol. The summed E-state index contributed by atoms with van der Waals surface area (Å²) in [6.45, 7) is 6.38. The number of aryl methyl sites for hydroxylation is 1. The van der Waals surface area contributed by atoms with Crippen molar-refractivity contribution in [2.45, 2.75) is 13.5 Å². The van der Waals surface area contributed by atoms with Crippen LogP contribution in [-0.2, 0) is 11.3 Å². The summed E-state index contributed by atoms with van der Waals surface area (Å²) in [7, 11) is 0.